The highest BCUT2D eigenvalue weighted by Crippen LogP contribution is 2.18. The molecule has 0 unspecified atom stereocenters. The summed E-state index contributed by atoms with van der Waals surface area (Å²) in [7, 11) is 1.57. The second kappa shape index (κ2) is 9.71. The van der Waals surface area contributed by atoms with Crippen LogP contribution in [0, 0.1) is 5.82 Å². The van der Waals surface area contributed by atoms with Crippen LogP contribution in [-0.4, -0.2) is 56.5 Å². The third-order valence-electron chi connectivity index (χ3n) is 5.01. The van der Waals surface area contributed by atoms with Crippen LogP contribution in [0.3, 0.4) is 0 Å². The van der Waals surface area contributed by atoms with E-state index < -0.39 is 0 Å². The fourth-order valence-electron chi connectivity index (χ4n) is 3.37. The molecule has 0 aliphatic carbocycles. The Kier molecular flexibility index (Phi) is 7.06. The van der Waals surface area contributed by atoms with Gasteiger partial charge in [-0.2, -0.15) is 0 Å². The normalized spacial score (nSPS) is 14.5. The summed E-state index contributed by atoms with van der Waals surface area (Å²) in [4.78, 5) is 27.5. The van der Waals surface area contributed by atoms with Crippen LogP contribution in [0.15, 0.2) is 42.5 Å². The molecule has 0 spiro atoms. The van der Waals surface area contributed by atoms with Crippen molar-refractivity contribution in [2.75, 3.05) is 39.8 Å². The monoisotopic (exact) mass is 420 g/mol. The van der Waals surface area contributed by atoms with E-state index in [1.807, 2.05) is 0 Å². The Morgan fingerprint density at radius 3 is 2.52 bits per heavy atom. The number of hydrogen-bond donors (Lipinski definition) is 2. The minimum absolute atomic E-state index is 0.0471. The second-order valence-corrected chi connectivity index (χ2v) is 7.39. The summed E-state index contributed by atoms with van der Waals surface area (Å²) < 4.78 is 18.8. The van der Waals surface area contributed by atoms with Crippen molar-refractivity contribution in [2.24, 2.45) is 0 Å². The van der Waals surface area contributed by atoms with E-state index in [0.717, 1.165) is 18.7 Å². The predicted octanol–water partition coefficient (Wildman–Crippen LogP) is 1.14. The van der Waals surface area contributed by atoms with Crippen LogP contribution >= 0.6 is 11.6 Å². The van der Waals surface area contributed by atoms with Crippen LogP contribution in [0.25, 0.3) is 0 Å². The summed E-state index contributed by atoms with van der Waals surface area (Å²) in [6.45, 7) is 3.25. The molecule has 2 aromatic carbocycles. The number of nitrogens with zero attached hydrogens (tertiary/aromatic N) is 1. The molecular weight excluding hydrogens is 397 g/mol. The Labute approximate surface area is 174 Å². The third kappa shape index (κ3) is 5.68. The number of quaternary nitrogens is 1. The number of carbonyl (C=O) groups is 2. The summed E-state index contributed by atoms with van der Waals surface area (Å²) in [5.74, 6) is -0.0417. The molecule has 154 valence electrons. The molecule has 8 heteroatoms. The summed E-state index contributed by atoms with van der Waals surface area (Å²) >= 11 is 5.81. The number of nitrogens with one attached hydrogen (secondary N) is 2. The largest absolute Gasteiger partial charge is 0.496 e. The van der Waals surface area contributed by atoms with E-state index in [2.05, 4.69) is 5.32 Å². The molecule has 0 saturated carbocycles. The summed E-state index contributed by atoms with van der Waals surface area (Å²) in [5, 5.41) is 3.20. The Bertz CT molecular complexity index is 868. The van der Waals surface area contributed by atoms with Gasteiger partial charge in [0.05, 0.1) is 45.4 Å². The molecule has 2 aromatic rings. The average molecular weight is 421 g/mol. The van der Waals surface area contributed by atoms with Crippen LogP contribution in [0.4, 0.5) is 4.39 Å². The zero-order chi connectivity index (χ0) is 20.8. The van der Waals surface area contributed by atoms with Gasteiger partial charge in [0.25, 0.3) is 5.91 Å². The standard InChI is InChI=1S/C21H23ClFN3O3/c1-29-19-7-6-18(23)12-16(19)14-25-8-10-26(11-9-25)20(27)13-24-21(28)15-2-4-17(22)5-3-15/h2-7,12H,8-11,13-14H2,1H3,(H,24,28)/p+1. The van der Waals surface area contributed by atoms with E-state index in [0.29, 0.717) is 36.0 Å². The van der Waals surface area contributed by atoms with E-state index in [9.17, 15) is 14.0 Å². The number of piperazine rings is 1. The van der Waals surface area contributed by atoms with E-state index in [4.69, 9.17) is 16.3 Å². The number of ether oxygens (including phenoxy) is 1. The molecule has 2 amide bonds. The van der Waals surface area contributed by atoms with Gasteiger partial charge in [-0.05, 0) is 42.5 Å². The minimum Gasteiger partial charge on any atom is -0.496 e. The van der Waals surface area contributed by atoms with Gasteiger partial charge in [0.15, 0.2) is 0 Å². The predicted molar refractivity (Wildman–Crippen MR) is 108 cm³/mol. The maximum absolute atomic E-state index is 13.5. The lowest BCUT2D eigenvalue weighted by Gasteiger charge is -2.32. The first kappa shape index (κ1) is 21.1. The maximum Gasteiger partial charge on any atom is 0.251 e. The number of carbonyl (C=O) groups excluding carboxylic acids is 2. The summed E-state index contributed by atoms with van der Waals surface area (Å²) in [5.41, 5.74) is 1.28. The molecule has 0 atom stereocenters. The van der Waals surface area contributed by atoms with Gasteiger partial charge in [-0.3, -0.25) is 9.59 Å². The highest BCUT2D eigenvalue weighted by atomic mass is 35.5. The van der Waals surface area contributed by atoms with Crippen molar-refractivity contribution in [3.05, 3.63) is 64.4 Å². The first-order valence-corrected chi connectivity index (χ1v) is 9.81. The second-order valence-electron chi connectivity index (χ2n) is 6.95. The number of hydrogen-bond acceptors (Lipinski definition) is 3. The van der Waals surface area contributed by atoms with Crippen molar-refractivity contribution in [1.29, 1.82) is 0 Å². The Morgan fingerprint density at radius 1 is 1.17 bits per heavy atom. The van der Waals surface area contributed by atoms with Gasteiger partial charge in [-0.25, -0.2) is 4.39 Å². The molecule has 3 rings (SSSR count). The van der Waals surface area contributed by atoms with E-state index in [1.165, 1.54) is 17.0 Å². The van der Waals surface area contributed by atoms with Gasteiger partial charge < -0.3 is 19.9 Å². The smallest absolute Gasteiger partial charge is 0.251 e. The van der Waals surface area contributed by atoms with Crippen LogP contribution in [-0.2, 0) is 11.3 Å². The molecule has 1 saturated heterocycles. The fourth-order valence-corrected chi connectivity index (χ4v) is 3.50. The lowest BCUT2D eigenvalue weighted by atomic mass is 10.1. The first-order chi connectivity index (χ1) is 14.0. The molecule has 2 N–H and O–H groups in total. The lowest BCUT2D eigenvalue weighted by molar-refractivity contribution is -0.917. The van der Waals surface area contributed by atoms with Crippen molar-refractivity contribution < 1.29 is 23.6 Å². The number of benzene rings is 2. The molecule has 1 heterocycles. The van der Waals surface area contributed by atoms with E-state index in [1.54, 1.807) is 42.3 Å². The van der Waals surface area contributed by atoms with Gasteiger partial charge in [-0.15, -0.1) is 0 Å². The molecule has 6 nitrogen and oxygen atoms in total. The molecule has 1 aliphatic heterocycles. The molecule has 0 radical (unpaired) electrons. The van der Waals surface area contributed by atoms with Crippen molar-refractivity contribution in [3.63, 3.8) is 0 Å². The zero-order valence-corrected chi connectivity index (χ0v) is 17.0. The van der Waals surface area contributed by atoms with Gasteiger partial charge in [0, 0.05) is 10.6 Å². The van der Waals surface area contributed by atoms with Crippen LogP contribution in [0.1, 0.15) is 15.9 Å². The molecule has 1 aliphatic rings. The molecule has 0 bridgehead atoms. The minimum atomic E-state index is -0.308. The van der Waals surface area contributed by atoms with Crippen molar-refractivity contribution >= 4 is 23.4 Å². The number of amides is 2. The van der Waals surface area contributed by atoms with Crippen molar-refractivity contribution in [3.8, 4) is 5.75 Å². The summed E-state index contributed by atoms with van der Waals surface area (Å²) in [6.07, 6.45) is 0. The number of halogens is 2. The van der Waals surface area contributed by atoms with Gasteiger partial charge in [-0.1, -0.05) is 11.6 Å². The average Bonchev–Trinajstić information content (AvgIpc) is 2.73. The third-order valence-corrected chi connectivity index (χ3v) is 5.26. The van der Waals surface area contributed by atoms with E-state index >= 15 is 0 Å². The maximum atomic E-state index is 13.5. The van der Waals surface area contributed by atoms with Crippen LogP contribution in [0.2, 0.25) is 5.02 Å². The SMILES string of the molecule is COc1ccc(F)cc1C[NH+]1CCN(C(=O)CNC(=O)c2ccc(Cl)cc2)CC1. The lowest BCUT2D eigenvalue weighted by Crippen LogP contribution is -3.13. The Morgan fingerprint density at radius 2 is 1.86 bits per heavy atom. The number of rotatable bonds is 6. The topological polar surface area (TPSA) is 63.1 Å². The van der Waals surface area contributed by atoms with Crippen molar-refractivity contribution in [1.82, 2.24) is 10.2 Å². The molecular formula is C21H24ClFN3O3+. The Balaban J connectivity index is 1.46. The quantitative estimate of drug-likeness (QED) is 0.736. The number of methoxy groups -OCH3 is 1. The Hall–Kier alpha value is -2.64. The van der Waals surface area contributed by atoms with Crippen LogP contribution in [0.5, 0.6) is 5.75 Å². The zero-order valence-electron chi connectivity index (χ0n) is 16.2. The molecule has 29 heavy (non-hydrogen) atoms. The van der Waals surface area contributed by atoms with Gasteiger partial charge in [0.2, 0.25) is 5.91 Å². The van der Waals surface area contributed by atoms with E-state index in [-0.39, 0.29) is 24.2 Å². The van der Waals surface area contributed by atoms with Crippen molar-refractivity contribution in [2.45, 2.75) is 6.54 Å². The highest BCUT2D eigenvalue weighted by Gasteiger charge is 2.25. The fraction of sp³-hybridized carbons (Fsp3) is 0.333. The van der Waals surface area contributed by atoms with Crippen LogP contribution < -0.4 is 15.0 Å². The van der Waals surface area contributed by atoms with Gasteiger partial charge in [0.1, 0.15) is 18.1 Å². The molecule has 0 aromatic heterocycles. The molecule has 1 fully saturated rings. The van der Waals surface area contributed by atoms with Gasteiger partial charge >= 0.3 is 0 Å². The first-order valence-electron chi connectivity index (χ1n) is 9.44. The highest BCUT2D eigenvalue weighted by molar-refractivity contribution is 6.30. The summed E-state index contributed by atoms with van der Waals surface area (Å²) in [6, 6.07) is 11.0.